The molecule has 1 aliphatic rings. The van der Waals surface area contributed by atoms with E-state index in [1.54, 1.807) is 25.4 Å². The number of hydrogen-bond acceptors (Lipinski definition) is 6. The molecule has 0 saturated carbocycles. The number of aromatic nitrogens is 2. The van der Waals surface area contributed by atoms with Crippen LogP contribution in [0.25, 0.3) is 0 Å². The first-order chi connectivity index (χ1) is 10.1. The van der Waals surface area contributed by atoms with Gasteiger partial charge in [-0.3, -0.25) is 0 Å². The van der Waals surface area contributed by atoms with Crippen molar-refractivity contribution in [3.8, 4) is 0 Å². The molecule has 3 rings (SSSR count). The second-order valence-electron chi connectivity index (χ2n) is 4.72. The van der Waals surface area contributed by atoms with E-state index >= 15 is 0 Å². The Hall–Kier alpha value is -2.63. The number of anilines is 4. The molecule has 0 atom stereocenters. The van der Waals surface area contributed by atoms with Crippen molar-refractivity contribution < 1.29 is 9.53 Å². The molecule has 0 aliphatic carbocycles. The molecule has 0 spiro atoms. The first-order valence-corrected chi connectivity index (χ1v) is 6.73. The number of hydrogen-bond donors (Lipinski definition) is 0. The molecule has 2 aromatic heterocycles. The van der Waals surface area contributed by atoms with Gasteiger partial charge in [0.25, 0.3) is 0 Å². The van der Waals surface area contributed by atoms with Gasteiger partial charge in [0.1, 0.15) is 0 Å². The Morgan fingerprint density at radius 3 is 2.67 bits per heavy atom. The van der Waals surface area contributed by atoms with Gasteiger partial charge in [-0.15, -0.1) is 0 Å². The first-order valence-electron chi connectivity index (χ1n) is 6.73. The Morgan fingerprint density at radius 2 is 1.90 bits per heavy atom. The quantitative estimate of drug-likeness (QED) is 0.790. The average molecular weight is 284 g/mol. The second kappa shape index (κ2) is 5.05. The third-order valence-corrected chi connectivity index (χ3v) is 3.50. The van der Waals surface area contributed by atoms with E-state index in [9.17, 15) is 4.79 Å². The molecule has 0 aromatic carbocycles. The van der Waals surface area contributed by atoms with E-state index in [1.807, 2.05) is 36.0 Å². The second-order valence-corrected chi connectivity index (χ2v) is 4.72. The minimum absolute atomic E-state index is 0.341. The fourth-order valence-corrected chi connectivity index (χ4v) is 2.52. The van der Waals surface area contributed by atoms with E-state index in [1.165, 1.54) is 0 Å². The normalized spacial score (nSPS) is 12.7. The molecular weight excluding hydrogens is 268 g/mol. The third-order valence-electron chi connectivity index (χ3n) is 3.50. The van der Waals surface area contributed by atoms with Crippen LogP contribution in [0.3, 0.4) is 0 Å². The number of ether oxygens (including phenoxy) is 1. The van der Waals surface area contributed by atoms with Gasteiger partial charge in [-0.1, -0.05) is 0 Å². The molecule has 0 fully saturated rings. The van der Waals surface area contributed by atoms with Gasteiger partial charge in [0, 0.05) is 26.5 Å². The van der Waals surface area contributed by atoms with Crippen molar-refractivity contribution in [2.45, 2.75) is 6.92 Å². The highest BCUT2D eigenvalue weighted by molar-refractivity contribution is 6.03. The van der Waals surface area contributed by atoms with Crippen LogP contribution in [0.15, 0.2) is 30.6 Å². The summed E-state index contributed by atoms with van der Waals surface area (Å²) in [6.45, 7) is 2.13. The maximum absolute atomic E-state index is 12.2. The van der Waals surface area contributed by atoms with Crippen molar-refractivity contribution in [1.82, 2.24) is 9.97 Å². The molecule has 6 heteroatoms. The first kappa shape index (κ1) is 13.4. The van der Waals surface area contributed by atoms with Crippen LogP contribution in [0.1, 0.15) is 17.3 Å². The molecule has 21 heavy (non-hydrogen) atoms. The van der Waals surface area contributed by atoms with Gasteiger partial charge < -0.3 is 14.5 Å². The topological polar surface area (TPSA) is 58.6 Å². The molecule has 0 saturated heterocycles. The van der Waals surface area contributed by atoms with Gasteiger partial charge >= 0.3 is 5.97 Å². The Balaban J connectivity index is 2.18. The highest BCUT2D eigenvalue weighted by Gasteiger charge is 2.30. The largest absolute Gasteiger partial charge is 0.462 e. The summed E-state index contributed by atoms with van der Waals surface area (Å²) in [4.78, 5) is 24.8. The molecule has 0 bridgehead atoms. The lowest BCUT2D eigenvalue weighted by Gasteiger charge is -2.35. The lowest BCUT2D eigenvalue weighted by molar-refractivity contribution is 0.0527. The zero-order valence-corrected chi connectivity index (χ0v) is 12.2. The van der Waals surface area contributed by atoms with Crippen LogP contribution in [-0.4, -0.2) is 36.6 Å². The summed E-state index contributed by atoms with van der Waals surface area (Å²) >= 11 is 0. The van der Waals surface area contributed by atoms with Crippen LogP contribution in [0.2, 0.25) is 0 Å². The van der Waals surface area contributed by atoms with Crippen molar-refractivity contribution in [3.63, 3.8) is 0 Å². The van der Waals surface area contributed by atoms with Crippen molar-refractivity contribution in [3.05, 3.63) is 36.2 Å². The van der Waals surface area contributed by atoms with Crippen molar-refractivity contribution >= 4 is 29.0 Å². The number of nitrogens with zero attached hydrogens (tertiary/aromatic N) is 4. The van der Waals surface area contributed by atoms with E-state index < -0.39 is 0 Å². The molecule has 0 N–H and O–H groups in total. The highest BCUT2D eigenvalue weighted by atomic mass is 16.5. The number of carbonyl (C=O) groups excluding carboxylic acids is 1. The predicted molar refractivity (Wildman–Crippen MR) is 80.6 cm³/mol. The van der Waals surface area contributed by atoms with Crippen LogP contribution >= 0.6 is 0 Å². The number of rotatable bonds is 2. The Bertz CT molecular complexity index is 702. The smallest absolute Gasteiger partial charge is 0.340 e. The summed E-state index contributed by atoms with van der Waals surface area (Å²) < 4.78 is 5.14. The fourth-order valence-electron chi connectivity index (χ4n) is 2.52. The average Bonchev–Trinajstić information content (AvgIpc) is 2.52. The molecular formula is C15H16N4O2. The van der Waals surface area contributed by atoms with E-state index in [0.717, 1.165) is 17.2 Å². The summed E-state index contributed by atoms with van der Waals surface area (Å²) in [5.41, 5.74) is 2.16. The molecule has 0 amide bonds. The maximum Gasteiger partial charge on any atom is 0.340 e. The molecule has 3 heterocycles. The van der Waals surface area contributed by atoms with Crippen LogP contribution < -0.4 is 9.80 Å². The number of esters is 1. The maximum atomic E-state index is 12.2. The SMILES string of the molecule is CCOC(=O)c1ccnc2c1N(C)c1cccnc1N2C. The van der Waals surface area contributed by atoms with Crippen LogP contribution in [0.5, 0.6) is 0 Å². The lowest BCUT2D eigenvalue weighted by Crippen LogP contribution is -2.28. The zero-order valence-electron chi connectivity index (χ0n) is 12.2. The number of fused-ring (bicyclic) bond motifs is 2. The molecule has 0 radical (unpaired) electrons. The van der Waals surface area contributed by atoms with Crippen LogP contribution in [0.4, 0.5) is 23.0 Å². The molecule has 0 unspecified atom stereocenters. The number of carbonyl (C=O) groups is 1. The van der Waals surface area contributed by atoms with Gasteiger partial charge in [0.15, 0.2) is 11.6 Å². The van der Waals surface area contributed by atoms with Crippen molar-refractivity contribution in [2.24, 2.45) is 0 Å². The van der Waals surface area contributed by atoms with Crippen LogP contribution in [0, 0.1) is 0 Å². The summed E-state index contributed by atoms with van der Waals surface area (Å²) in [5.74, 6) is 1.15. The fraction of sp³-hybridized carbons (Fsp3) is 0.267. The number of pyridine rings is 2. The molecule has 2 aromatic rings. The molecule has 1 aliphatic heterocycles. The predicted octanol–water partition coefficient (Wildman–Crippen LogP) is 2.50. The Morgan fingerprint density at radius 1 is 1.14 bits per heavy atom. The van der Waals surface area contributed by atoms with Gasteiger partial charge in [-0.25, -0.2) is 14.8 Å². The van der Waals surface area contributed by atoms with Gasteiger partial charge in [-0.05, 0) is 25.1 Å². The minimum Gasteiger partial charge on any atom is -0.462 e. The summed E-state index contributed by atoms with van der Waals surface area (Å²) in [6.07, 6.45) is 3.35. The summed E-state index contributed by atoms with van der Waals surface area (Å²) in [5, 5.41) is 0. The minimum atomic E-state index is -0.344. The summed E-state index contributed by atoms with van der Waals surface area (Å²) in [6, 6.07) is 5.51. The highest BCUT2D eigenvalue weighted by Crippen LogP contribution is 2.45. The van der Waals surface area contributed by atoms with Crippen molar-refractivity contribution in [2.75, 3.05) is 30.5 Å². The van der Waals surface area contributed by atoms with E-state index in [2.05, 4.69) is 9.97 Å². The summed E-state index contributed by atoms with van der Waals surface area (Å²) in [7, 11) is 3.79. The van der Waals surface area contributed by atoms with Gasteiger partial charge in [-0.2, -0.15) is 0 Å². The third kappa shape index (κ3) is 1.99. The van der Waals surface area contributed by atoms with E-state index in [4.69, 9.17) is 4.74 Å². The molecule has 108 valence electrons. The van der Waals surface area contributed by atoms with Crippen LogP contribution in [-0.2, 0) is 4.74 Å². The monoisotopic (exact) mass is 284 g/mol. The lowest BCUT2D eigenvalue weighted by atomic mass is 10.1. The molecule has 6 nitrogen and oxygen atoms in total. The van der Waals surface area contributed by atoms with Crippen molar-refractivity contribution in [1.29, 1.82) is 0 Å². The zero-order chi connectivity index (χ0) is 15.0. The van der Waals surface area contributed by atoms with Gasteiger partial charge in [0.05, 0.1) is 23.5 Å². The standard InChI is InChI=1S/C15H16N4O2/c1-4-21-15(20)10-7-9-17-14-12(10)18(2)11-6-5-8-16-13(11)19(14)3/h5-9H,4H2,1-3H3. The Kier molecular flexibility index (Phi) is 3.21. The van der Waals surface area contributed by atoms with E-state index in [0.29, 0.717) is 18.0 Å². The Labute approximate surface area is 123 Å². The van der Waals surface area contributed by atoms with Gasteiger partial charge in [0.2, 0.25) is 0 Å². The van der Waals surface area contributed by atoms with E-state index in [-0.39, 0.29) is 5.97 Å².